The van der Waals surface area contributed by atoms with Gasteiger partial charge in [-0.3, -0.25) is 4.79 Å². The summed E-state index contributed by atoms with van der Waals surface area (Å²) in [5, 5.41) is 13.2. The molecular weight excluding hydrogens is 330 g/mol. The standard InChI is InChI=1S/C20H19N3O3/c24-17(18-8-4-12-26-18)13-22-19-15(6-3-10-21-19)20(25)23-11-9-14-5-1-2-7-16(14)23/h1-8,10,12,17,24H,9,11,13H2,(H,21,22). The summed E-state index contributed by atoms with van der Waals surface area (Å²) in [7, 11) is 0. The maximum absolute atomic E-state index is 13.1. The van der Waals surface area contributed by atoms with E-state index < -0.39 is 6.10 Å². The van der Waals surface area contributed by atoms with Crippen LogP contribution < -0.4 is 10.2 Å². The van der Waals surface area contributed by atoms with E-state index in [4.69, 9.17) is 4.42 Å². The number of aromatic nitrogens is 1. The number of nitrogens with one attached hydrogen (secondary N) is 1. The summed E-state index contributed by atoms with van der Waals surface area (Å²) in [6.45, 7) is 0.850. The van der Waals surface area contributed by atoms with Crippen LogP contribution in [-0.2, 0) is 6.42 Å². The second-order valence-corrected chi connectivity index (χ2v) is 6.15. The highest BCUT2D eigenvalue weighted by atomic mass is 16.4. The number of amides is 1. The number of carbonyl (C=O) groups is 1. The number of nitrogens with zero attached hydrogens (tertiary/aromatic N) is 2. The molecule has 0 fully saturated rings. The number of rotatable bonds is 5. The molecule has 1 unspecified atom stereocenters. The van der Waals surface area contributed by atoms with Crippen LogP contribution in [0.5, 0.6) is 0 Å². The van der Waals surface area contributed by atoms with Crippen molar-refractivity contribution in [3.05, 3.63) is 77.9 Å². The molecule has 6 heteroatoms. The molecule has 2 N–H and O–H groups in total. The van der Waals surface area contributed by atoms with Gasteiger partial charge < -0.3 is 19.7 Å². The molecule has 0 aliphatic carbocycles. The first-order chi connectivity index (χ1) is 12.7. The number of benzene rings is 1. The van der Waals surface area contributed by atoms with E-state index in [1.165, 1.54) is 11.8 Å². The van der Waals surface area contributed by atoms with Crippen molar-refractivity contribution in [3.8, 4) is 0 Å². The molecule has 1 aliphatic heterocycles. The van der Waals surface area contributed by atoms with Crippen molar-refractivity contribution >= 4 is 17.4 Å². The van der Waals surface area contributed by atoms with Gasteiger partial charge in [-0.15, -0.1) is 0 Å². The fourth-order valence-electron chi connectivity index (χ4n) is 3.19. The minimum atomic E-state index is -0.817. The van der Waals surface area contributed by atoms with Gasteiger partial charge in [0.25, 0.3) is 5.91 Å². The molecule has 0 spiro atoms. The number of aliphatic hydroxyl groups is 1. The van der Waals surface area contributed by atoms with Crippen molar-refractivity contribution in [3.63, 3.8) is 0 Å². The Bertz CT molecular complexity index is 908. The summed E-state index contributed by atoms with van der Waals surface area (Å²) in [4.78, 5) is 19.1. The molecule has 3 heterocycles. The van der Waals surface area contributed by atoms with Crippen molar-refractivity contribution in [2.45, 2.75) is 12.5 Å². The Morgan fingerprint density at radius 1 is 1.23 bits per heavy atom. The van der Waals surface area contributed by atoms with Crippen LogP contribution in [0.25, 0.3) is 0 Å². The molecule has 0 saturated heterocycles. The Labute approximate surface area is 151 Å². The molecular formula is C20H19N3O3. The van der Waals surface area contributed by atoms with Crippen molar-refractivity contribution in [1.29, 1.82) is 0 Å². The van der Waals surface area contributed by atoms with E-state index in [0.29, 0.717) is 23.7 Å². The van der Waals surface area contributed by atoms with Crippen LogP contribution in [-0.4, -0.2) is 29.1 Å². The first-order valence-electron chi connectivity index (χ1n) is 8.54. The van der Waals surface area contributed by atoms with Crippen LogP contribution in [0.15, 0.2) is 65.4 Å². The highest BCUT2D eigenvalue weighted by Crippen LogP contribution is 2.30. The number of hydrogen-bond acceptors (Lipinski definition) is 5. The predicted molar refractivity (Wildman–Crippen MR) is 98.2 cm³/mol. The Morgan fingerprint density at radius 2 is 2.12 bits per heavy atom. The van der Waals surface area contributed by atoms with Crippen molar-refractivity contribution in [2.75, 3.05) is 23.3 Å². The number of aliphatic hydroxyl groups excluding tert-OH is 1. The van der Waals surface area contributed by atoms with E-state index in [9.17, 15) is 9.90 Å². The van der Waals surface area contributed by atoms with Gasteiger partial charge in [-0.05, 0) is 42.3 Å². The van der Waals surface area contributed by atoms with Crippen LogP contribution in [0, 0.1) is 0 Å². The van der Waals surface area contributed by atoms with Gasteiger partial charge in [-0.1, -0.05) is 18.2 Å². The smallest absolute Gasteiger partial charge is 0.262 e. The zero-order chi connectivity index (χ0) is 17.9. The number of pyridine rings is 1. The van der Waals surface area contributed by atoms with Crippen LogP contribution in [0.4, 0.5) is 11.5 Å². The third-order valence-corrected chi connectivity index (χ3v) is 4.50. The molecule has 1 amide bonds. The van der Waals surface area contributed by atoms with Crippen LogP contribution in [0.3, 0.4) is 0 Å². The zero-order valence-corrected chi connectivity index (χ0v) is 14.1. The Hall–Kier alpha value is -3.12. The summed E-state index contributed by atoms with van der Waals surface area (Å²) in [6.07, 6.45) is 3.17. The third-order valence-electron chi connectivity index (χ3n) is 4.50. The van der Waals surface area contributed by atoms with E-state index in [-0.39, 0.29) is 12.5 Å². The number of carbonyl (C=O) groups excluding carboxylic acids is 1. The van der Waals surface area contributed by atoms with Gasteiger partial charge in [0, 0.05) is 25.0 Å². The molecule has 132 valence electrons. The third kappa shape index (κ3) is 3.07. The number of hydrogen-bond donors (Lipinski definition) is 2. The fourth-order valence-corrected chi connectivity index (χ4v) is 3.19. The van der Waals surface area contributed by atoms with Gasteiger partial charge in [0.2, 0.25) is 0 Å². The lowest BCUT2D eigenvalue weighted by molar-refractivity contribution is 0.0989. The molecule has 4 rings (SSSR count). The highest BCUT2D eigenvalue weighted by Gasteiger charge is 2.27. The zero-order valence-electron chi connectivity index (χ0n) is 14.1. The predicted octanol–water partition coefficient (Wildman–Crippen LogP) is 3.02. The average Bonchev–Trinajstić information content (AvgIpc) is 3.35. The van der Waals surface area contributed by atoms with Gasteiger partial charge in [0.15, 0.2) is 0 Å². The summed E-state index contributed by atoms with van der Waals surface area (Å²) in [5.74, 6) is 0.820. The molecule has 2 aromatic heterocycles. The number of para-hydroxylation sites is 1. The van der Waals surface area contributed by atoms with Gasteiger partial charge in [0.05, 0.1) is 11.8 Å². The largest absolute Gasteiger partial charge is 0.467 e. The average molecular weight is 349 g/mol. The van der Waals surface area contributed by atoms with E-state index in [0.717, 1.165) is 12.1 Å². The molecule has 1 aliphatic rings. The quantitative estimate of drug-likeness (QED) is 0.740. The molecule has 6 nitrogen and oxygen atoms in total. The van der Waals surface area contributed by atoms with Crippen LogP contribution in [0.1, 0.15) is 27.8 Å². The lowest BCUT2D eigenvalue weighted by Gasteiger charge is -2.19. The number of fused-ring (bicyclic) bond motifs is 1. The second-order valence-electron chi connectivity index (χ2n) is 6.15. The molecule has 26 heavy (non-hydrogen) atoms. The van der Waals surface area contributed by atoms with Gasteiger partial charge in [0.1, 0.15) is 17.7 Å². The van der Waals surface area contributed by atoms with E-state index in [1.807, 2.05) is 24.3 Å². The van der Waals surface area contributed by atoms with E-state index in [2.05, 4.69) is 10.3 Å². The molecule has 3 aromatic rings. The fraction of sp³-hybridized carbons (Fsp3) is 0.200. The van der Waals surface area contributed by atoms with Crippen molar-refractivity contribution in [1.82, 2.24) is 4.98 Å². The summed E-state index contributed by atoms with van der Waals surface area (Å²) in [5.41, 5.74) is 2.60. The topological polar surface area (TPSA) is 78.6 Å². The van der Waals surface area contributed by atoms with E-state index >= 15 is 0 Å². The van der Waals surface area contributed by atoms with Crippen LogP contribution in [0.2, 0.25) is 0 Å². The second kappa shape index (κ2) is 7.01. The monoisotopic (exact) mass is 349 g/mol. The summed E-state index contributed by atoms with van der Waals surface area (Å²) in [6, 6.07) is 14.8. The maximum atomic E-state index is 13.1. The lowest BCUT2D eigenvalue weighted by atomic mass is 10.1. The van der Waals surface area contributed by atoms with Gasteiger partial charge in [-0.25, -0.2) is 4.98 Å². The molecule has 1 atom stereocenters. The van der Waals surface area contributed by atoms with Gasteiger partial charge >= 0.3 is 0 Å². The molecule has 0 saturated carbocycles. The SMILES string of the molecule is O=C(c1cccnc1NCC(O)c1ccco1)N1CCc2ccccc21. The minimum absolute atomic E-state index is 0.0990. The van der Waals surface area contributed by atoms with Crippen molar-refractivity contribution in [2.24, 2.45) is 0 Å². The first kappa shape index (κ1) is 16.4. The van der Waals surface area contributed by atoms with Crippen LogP contribution >= 0.6 is 0 Å². The lowest BCUT2D eigenvalue weighted by Crippen LogP contribution is -2.30. The summed E-state index contributed by atoms with van der Waals surface area (Å²) >= 11 is 0. The molecule has 0 radical (unpaired) electrons. The maximum Gasteiger partial charge on any atom is 0.262 e. The summed E-state index contributed by atoms with van der Waals surface area (Å²) < 4.78 is 5.20. The number of anilines is 2. The Kier molecular flexibility index (Phi) is 4.41. The Morgan fingerprint density at radius 3 is 2.96 bits per heavy atom. The molecule has 1 aromatic carbocycles. The first-order valence-corrected chi connectivity index (χ1v) is 8.54. The van der Waals surface area contributed by atoms with Crippen molar-refractivity contribution < 1.29 is 14.3 Å². The Balaban J connectivity index is 1.53. The molecule has 0 bridgehead atoms. The minimum Gasteiger partial charge on any atom is -0.467 e. The number of furan rings is 1. The van der Waals surface area contributed by atoms with Gasteiger partial charge in [-0.2, -0.15) is 0 Å². The van der Waals surface area contributed by atoms with E-state index in [1.54, 1.807) is 35.4 Å². The highest BCUT2D eigenvalue weighted by molar-refractivity contribution is 6.10. The normalized spacial score (nSPS) is 14.1.